The Morgan fingerprint density at radius 1 is 0.935 bits per heavy atom. The molecule has 0 spiro atoms. The number of imidazole rings is 1. The molecule has 0 saturated carbocycles. The predicted molar refractivity (Wildman–Crippen MR) is 113 cm³/mol. The Bertz CT molecular complexity index is 1270. The second kappa shape index (κ2) is 8.55. The van der Waals surface area contributed by atoms with Gasteiger partial charge in [-0.1, -0.05) is 36.4 Å². The van der Waals surface area contributed by atoms with Gasteiger partial charge in [-0.25, -0.2) is 4.79 Å². The van der Waals surface area contributed by atoms with Crippen LogP contribution in [0, 0.1) is 0 Å². The molecule has 8 heteroatoms. The first-order chi connectivity index (χ1) is 14.9. The van der Waals surface area contributed by atoms with Crippen molar-refractivity contribution < 1.29 is 18.3 Å². The molecular formula is C23H22F3N3O2. The topological polar surface area (TPSA) is 60.1 Å². The number of pyridine rings is 1. The van der Waals surface area contributed by atoms with Gasteiger partial charge in [-0.2, -0.15) is 13.2 Å². The molecule has 0 fully saturated rings. The van der Waals surface area contributed by atoms with Crippen LogP contribution in [0.4, 0.5) is 13.2 Å². The minimum absolute atomic E-state index is 0.0729. The molecule has 0 aliphatic rings. The number of unbranched alkanes of at least 4 members (excludes halogenated alkanes) is 1. The maximum Gasteiger partial charge on any atom is 0.406 e. The second-order valence-electron chi connectivity index (χ2n) is 7.51. The van der Waals surface area contributed by atoms with Crippen molar-refractivity contribution in [2.24, 2.45) is 0 Å². The van der Waals surface area contributed by atoms with E-state index in [1.54, 1.807) is 24.4 Å². The number of halogens is 3. The second-order valence-corrected chi connectivity index (χ2v) is 7.51. The summed E-state index contributed by atoms with van der Waals surface area (Å²) in [4.78, 5) is 17.5. The third-order valence-electron chi connectivity index (χ3n) is 5.40. The lowest BCUT2D eigenvalue weighted by Gasteiger charge is -2.13. The molecule has 4 aromatic rings. The first-order valence-corrected chi connectivity index (χ1v) is 10.1. The van der Waals surface area contributed by atoms with E-state index in [2.05, 4.69) is 4.98 Å². The van der Waals surface area contributed by atoms with Gasteiger partial charge in [0.25, 0.3) is 0 Å². The number of aliphatic hydroxyl groups is 1. The van der Waals surface area contributed by atoms with Gasteiger partial charge in [0.15, 0.2) is 0 Å². The highest BCUT2D eigenvalue weighted by molar-refractivity contribution is 5.85. The van der Waals surface area contributed by atoms with Gasteiger partial charge in [-0.15, -0.1) is 0 Å². The first-order valence-electron chi connectivity index (χ1n) is 10.1. The Hall–Kier alpha value is -3.13. The van der Waals surface area contributed by atoms with Crippen molar-refractivity contribution >= 4 is 21.8 Å². The van der Waals surface area contributed by atoms with Crippen LogP contribution in [0.1, 0.15) is 24.1 Å². The average Bonchev–Trinajstić information content (AvgIpc) is 3.00. The van der Waals surface area contributed by atoms with E-state index in [4.69, 9.17) is 5.11 Å². The molecule has 5 nitrogen and oxygen atoms in total. The highest BCUT2D eigenvalue weighted by Gasteiger charge is 2.30. The highest BCUT2D eigenvalue weighted by atomic mass is 19.4. The quantitative estimate of drug-likeness (QED) is 0.446. The smallest absolute Gasteiger partial charge is 0.396 e. The number of hydrogen-bond acceptors (Lipinski definition) is 3. The van der Waals surface area contributed by atoms with Crippen LogP contribution in [0.5, 0.6) is 0 Å². The highest BCUT2D eigenvalue weighted by Crippen LogP contribution is 2.25. The number of aromatic nitrogens is 3. The summed E-state index contributed by atoms with van der Waals surface area (Å²) in [5.74, 6) is 0. The van der Waals surface area contributed by atoms with Crippen LogP contribution in [0.2, 0.25) is 0 Å². The minimum Gasteiger partial charge on any atom is -0.396 e. The van der Waals surface area contributed by atoms with E-state index >= 15 is 0 Å². The Morgan fingerprint density at radius 3 is 2.32 bits per heavy atom. The molecule has 4 rings (SSSR count). The fourth-order valence-electron chi connectivity index (χ4n) is 4.00. The normalized spacial score (nSPS) is 12.1. The van der Waals surface area contributed by atoms with Crippen LogP contribution in [0.25, 0.3) is 21.8 Å². The monoisotopic (exact) mass is 429 g/mol. The zero-order chi connectivity index (χ0) is 22.0. The number of nitrogens with zero attached hydrogens (tertiary/aromatic N) is 3. The lowest BCUT2D eigenvalue weighted by atomic mass is 9.99. The average molecular weight is 429 g/mol. The maximum atomic E-state index is 13.1. The van der Waals surface area contributed by atoms with Gasteiger partial charge >= 0.3 is 11.9 Å². The molecule has 0 saturated heterocycles. The van der Waals surface area contributed by atoms with Crippen molar-refractivity contribution in [2.75, 3.05) is 6.61 Å². The number of para-hydroxylation sites is 2. The molecule has 0 amide bonds. The minimum atomic E-state index is -4.50. The van der Waals surface area contributed by atoms with Crippen LogP contribution in [-0.2, 0) is 19.5 Å². The summed E-state index contributed by atoms with van der Waals surface area (Å²) in [6, 6.07) is 14.2. The number of aliphatic hydroxyl groups excluding tert-OH is 1. The predicted octanol–water partition coefficient (Wildman–Crippen LogP) is 4.28. The molecule has 0 atom stereocenters. The number of alkyl halides is 3. The van der Waals surface area contributed by atoms with E-state index in [1.165, 1.54) is 10.6 Å². The summed E-state index contributed by atoms with van der Waals surface area (Å²) in [6.45, 7) is -1.19. The van der Waals surface area contributed by atoms with E-state index < -0.39 is 18.4 Å². The summed E-state index contributed by atoms with van der Waals surface area (Å²) in [7, 11) is 0. The number of hydrogen-bond donors (Lipinski definition) is 1. The van der Waals surface area contributed by atoms with Crippen molar-refractivity contribution in [3.63, 3.8) is 0 Å². The molecule has 2 aromatic carbocycles. The van der Waals surface area contributed by atoms with E-state index in [0.717, 1.165) is 27.3 Å². The largest absolute Gasteiger partial charge is 0.406 e. The van der Waals surface area contributed by atoms with Crippen LogP contribution < -0.4 is 5.69 Å². The molecule has 0 aliphatic heterocycles. The van der Waals surface area contributed by atoms with E-state index in [1.807, 2.05) is 24.3 Å². The van der Waals surface area contributed by atoms with Gasteiger partial charge in [0.2, 0.25) is 0 Å². The SMILES string of the molecule is O=c1n(Cc2ncc3ccccc3c2CCCCO)c2ccccc2n1CC(F)(F)F. The fourth-order valence-corrected chi connectivity index (χ4v) is 4.00. The van der Waals surface area contributed by atoms with Gasteiger partial charge in [-0.3, -0.25) is 14.1 Å². The van der Waals surface area contributed by atoms with Crippen molar-refractivity contribution in [1.82, 2.24) is 14.1 Å². The molecule has 1 N–H and O–H groups in total. The number of benzene rings is 2. The van der Waals surface area contributed by atoms with E-state index in [-0.39, 0.29) is 18.7 Å². The van der Waals surface area contributed by atoms with Crippen LogP contribution >= 0.6 is 0 Å². The third-order valence-corrected chi connectivity index (χ3v) is 5.40. The number of aryl methyl sites for hydroxylation is 1. The summed E-state index contributed by atoms with van der Waals surface area (Å²) in [5, 5.41) is 11.1. The Balaban J connectivity index is 1.83. The lowest BCUT2D eigenvalue weighted by Crippen LogP contribution is -2.30. The van der Waals surface area contributed by atoms with Crippen LogP contribution in [0.15, 0.2) is 59.5 Å². The zero-order valence-corrected chi connectivity index (χ0v) is 16.8. The Morgan fingerprint density at radius 2 is 1.61 bits per heavy atom. The molecule has 2 heterocycles. The summed E-state index contributed by atoms with van der Waals surface area (Å²) < 4.78 is 41.4. The molecule has 0 radical (unpaired) electrons. The molecular weight excluding hydrogens is 407 g/mol. The molecule has 2 aromatic heterocycles. The molecule has 31 heavy (non-hydrogen) atoms. The van der Waals surface area contributed by atoms with Gasteiger partial charge in [0.1, 0.15) is 6.54 Å². The summed E-state index contributed by atoms with van der Waals surface area (Å²) in [5.41, 5.74) is 1.56. The van der Waals surface area contributed by atoms with Crippen molar-refractivity contribution in [2.45, 2.75) is 38.5 Å². The van der Waals surface area contributed by atoms with Gasteiger partial charge in [-0.05, 0) is 42.3 Å². The maximum absolute atomic E-state index is 13.1. The van der Waals surface area contributed by atoms with Crippen LogP contribution in [0.3, 0.4) is 0 Å². The van der Waals surface area contributed by atoms with Crippen molar-refractivity contribution in [3.05, 3.63) is 76.5 Å². The van der Waals surface area contributed by atoms with E-state index in [9.17, 15) is 18.0 Å². The summed E-state index contributed by atoms with van der Waals surface area (Å²) >= 11 is 0. The lowest BCUT2D eigenvalue weighted by molar-refractivity contribution is -0.140. The molecule has 0 aliphatic carbocycles. The van der Waals surface area contributed by atoms with E-state index in [0.29, 0.717) is 24.1 Å². The van der Waals surface area contributed by atoms with Crippen LogP contribution in [-0.4, -0.2) is 32.0 Å². The third kappa shape index (κ3) is 4.34. The molecule has 0 bridgehead atoms. The van der Waals surface area contributed by atoms with Crippen molar-refractivity contribution in [1.29, 1.82) is 0 Å². The number of rotatable bonds is 7. The fraction of sp³-hybridized carbons (Fsp3) is 0.304. The molecule has 162 valence electrons. The molecule has 0 unspecified atom stereocenters. The van der Waals surface area contributed by atoms with Gasteiger partial charge in [0.05, 0.1) is 23.3 Å². The van der Waals surface area contributed by atoms with Gasteiger partial charge < -0.3 is 5.11 Å². The van der Waals surface area contributed by atoms with Gasteiger partial charge in [0, 0.05) is 18.2 Å². The summed E-state index contributed by atoms with van der Waals surface area (Å²) in [6.07, 6.45) is -0.757. The zero-order valence-electron chi connectivity index (χ0n) is 16.8. The Labute approximate surface area is 176 Å². The van der Waals surface area contributed by atoms with Crippen molar-refractivity contribution in [3.8, 4) is 0 Å². The standard InChI is InChI=1S/C23H22F3N3O2/c24-23(25,26)15-29-21-11-4-3-10-20(21)28(22(29)31)14-19-18(9-5-6-12-30)17-8-2-1-7-16(17)13-27-19/h1-4,7-8,10-11,13,30H,5-6,9,12,14-15H2. The first kappa shape index (κ1) is 21.1. The number of fused-ring (bicyclic) bond motifs is 2. The Kier molecular flexibility index (Phi) is 5.82.